The molecule has 106 valence electrons. The van der Waals surface area contributed by atoms with Gasteiger partial charge in [-0.25, -0.2) is 18.7 Å². The summed E-state index contributed by atoms with van der Waals surface area (Å²) in [6.07, 6.45) is 1.67. The van der Waals surface area contributed by atoms with Gasteiger partial charge in [0, 0.05) is 12.7 Å². The van der Waals surface area contributed by atoms with Crippen LogP contribution in [-0.4, -0.2) is 34.2 Å². The molecule has 0 radical (unpaired) electrons. The Labute approximate surface area is 123 Å². The summed E-state index contributed by atoms with van der Waals surface area (Å²) in [6, 6.07) is 0. The van der Waals surface area contributed by atoms with Crippen LogP contribution in [0, 0.1) is 5.82 Å². The van der Waals surface area contributed by atoms with E-state index in [0.29, 0.717) is 30.6 Å². The van der Waals surface area contributed by atoms with Gasteiger partial charge >= 0.3 is 0 Å². The van der Waals surface area contributed by atoms with Crippen molar-refractivity contribution in [3.8, 4) is 0 Å². The number of aromatic nitrogens is 3. The Kier molecular flexibility index (Phi) is 3.60. The Morgan fingerprint density at radius 3 is 2.85 bits per heavy atom. The lowest BCUT2D eigenvalue weighted by Crippen LogP contribution is -2.37. The summed E-state index contributed by atoms with van der Waals surface area (Å²) in [5.41, 5.74) is 0.000909. The topological polar surface area (TPSA) is 41.9 Å². The Bertz CT molecular complexity index is 667. The van der Waals surface area contributed by atoms with Crippen molar-refractivity contribution in [1.29, 1.82) is 0 Å². The van der Waals surface area contributed by atoms with Crippen molar-refractivity contribution in [3.05, 3.63) is 22.5 Å². The summed E-state index contributed by atoms with van der Waals surface area (Å²) >= 11 is 11.5. The molecule has 20 heavy (non-hydrogen) atoms. The molecule has 1 atom stereocenters. The first-order chi connectivity index (χ1) is 9.56. The standard InChI is InChI=1S/C12H10Cl2F2N4/c13-10-8(16)9-7(4-17-10)11(19-12(14)18-9)20-3-1-2-6(15)5-20/h4,6H,1-3,5H2/t6-/m1/s1. The van der Waals surface area contributed by atoms with E-state index in [-0.39, 0.29) is 22.5 Å². The molecule has 1 aliphatic heterocycles. The van der Waals surface area contributed by atoms with Crippen LogP contribution >= 0.6 is 23.2 Å². The molecule has 0 spiro atoms. The van der Waals surface area contributed by atoms with E-state index < -0.39 is 12.0 Å². The maximum absolute atomic E-state index is 14.0. The highest BCUT2D eigenvalue weighted by Crippen LogP contribution is 2.30. The molecule has 4 nitrogen and oxygen atoms in total. The number of halogens is 4. The van der Waals surface area contributed by atoms with Crippen molar-refractivity contribution >= 4 is 39.9 Å². The maximum atomic E-state index is 14.0. The number of fused-ring (bicyclic) bond motifs is 1. The first kappa shape index (κ1) is 13.7. The number of rotatable bonds is 1. The average molecular weight is 319 g/mol. The van der Waals surface area contributed by atoms with Gasteiger partial charge in [-0.05, 0) is 24.4 Å². The van der Waals surface area contributed by atoms with Gasteiger partial charge in [0.15, 0.2) is 11.0 Å². The van der Waals surface area contributed by atoms with Crippen LogP contribution < -0.4 is 4.90 Å². The first-order valence-electron chi connectivity index (χ1n) is 6.12. The lowest BCUT2D eigenvalue weighted by Gasteiger charge is -2.30. The van der Waals surface area contributed by atoms with E-state index in [1.54, 1.807) is 4.90 Å². The van der Waals surface area contributed by atoms with E-state index in [1.165, 1.54) is 6.20 Å². The van der Waals surface area contributed by atoms with E-state index in [9.17, 15) is 8.78 Å². The van der Waals surface area contributed by atoms with Crippen LogP contribution in [0.3, 0.4) is 0 Å². The lowest BCUT2D eigenvalue weighted by molar-refractivity contribution is 0.286. The molecular weight excluding hydrogens is 309 g/mol. The summed E-state index contributed by atoms with van der Waals surface area (Å²) in [6.45, 7) is 0.833. The molecule has 2 aromatic rings. The zero-order valence-corrected chi connectivity index (χ0v) is 11.8. The van der Waals surface area contributed by atoms with Gasteiger partial charge in [0.05, 0.1) is 11.9 Å². The molecule has 0 N–H and O–H groups in total. The fraction of sp³-hybridized carbons (Fsp3) is 0.417. The van der Waals surface area contributed by atoms with Crippen LogP contribution in [0.25, 0.3) is 10.9 Å². The third kappa shape index (κ3) is 2.38. The molecule has 8 heteroatoms. The Balaban J connectivity index is 2.17. The average Bonchev–Trinajstić information content (AvgIpc) is 2.43. The van der Waals surface area contributed by atoms with Gasteiger partial charge in [-0.3, -0.25) is 0 Å². The third-order valence-corrected chi connectivity index (χ3v) is 3.69. The number of pyridine rings is 1. The summed E-state index contributed by atoms with van der Waals surface area (Å²) in [5.74, 6) is -0.353. The van der Waals surface area contributed by atoms with Gasteiger partial charge in [-0.2, -0.15) is 4.98 Å². The fourth-order valence-corrected chi connectivity index (χ4v) is 2.65. The molecule has 3 rings (SSSR count). The largest absolute Gasteiger partial charge is 0.353 e. The van der Waals surface area contributed by atoms with E-state index >= 15 is 0 Å². The second-order valence-corrected chi connectivity index (χ2v) is 5.32. The van der Waals surface area contributed by atoms with E-state index in [2.05, 4.69) is 15.0 Å². The molecule has 3 heterocycles. The predicted octanol–water partition coefficient (Wildman–Crippen LogP) is 3.41. The smallest absolute Gasteiger partial charge is 0.225 e. The summed E-state index contributed by atoms with van der Waals surface area (Å²) in [7, 11) is 0. The monoisotopic (exact) mass is 318 g/mol. The molecule has 0 bridgehead atoms. The molecule has 0 unspecified atom stereocenters. The van der Waals surface area contributed by atoms with Crippen molar-refractivity contribution in [2.45, 2.75) is 19.0 Å². The van der Waals surface area contributed by atoms with Crippen LogP contribution in [0.4, 0.5) is 14.6 Å². The van der Waals surface area contributed by atoms with Gasteiger partial charge in [0.25, 0.3) is 0 Å². The quantitative estimate of drug-likeness (QED) is 0.597. The van der Waals surface area contributed by atoms with E-state index in [1.807, 2.05) is 0 Å². The van der Waals surface area contributed by atoms with Gasteiger partial charge in [-0.15, -0.1) is 0 Å². The van der Waals surface area contributed by atoms with Crippen molar-refractivity contribution in [1.82, 2.24) is 15.0 Å². The first-order valence-corrected chi connectivity index (χ1v) is 6.88. The summed E-state index contributed by atoms with van der Waals surface area (Å²) < 4.78 is 27.5. The van der Waals surface area contributed by atoms with Crippen LogP contribution in [0.2, 0.25) is 10.4 Å². The highest BCUT2D eigenvalue weighted by Gasteiger charge is 2.24. The zero-order chi connectivity index (χ0) is 14.3. The summed E-state index contributed by atoms with van der Waals surface area (Å²) in [4.78, 5) is 13.4. The molecule has 0 aliphatic carbocycles. The molecule has 1 aliphatic rings. The maximum Gasteiger partial charge on any atom is 0.225 e. The van der Waals surface area contributed by atoms with Crippen molar-refractivity contribution in [3.63, 3.8) is 0 Å². The number of alkyl halides is 1. The second kappa shape index (κ2) is 5.26. The number of anilines is 1. The third-order valence-electron chi connectivity index (χ3n) is 3.26. The molecule has 1 saturated heterocycles. The lowest BCUT2D eigenvalue weighted by atomic mass is 10.1. The van der Waals surface area contributed by atoms with Crippen LogP contribution in [0.1, 0.15) is 12.8 Å². The Morgan fingerprint density at radius 2 is 2.10 bits per heavy atom. The van der Waals surface area contributed by atoms with Crippen LogP contribution in [0.5, 0.6) is 0 Å². The molecule has 2 aromatic heterocycles. The number of piperidine rings is 1. The van der Waals surface area contributed by atoms with E-state index in [0.717, 1.165) is 0 Å². The number of hydrogen-bond donors (Lipinski definition) is 0. The molecule has 0 saturated carbocycles. The minimum atomic E-state index is -0.933. The van der Waals surface area contributed by atoms with Gasteiger partial charge in [0.2, 0.25) is 5.28 Å². The zero-order valence-electron chi connectivity index (χ0n) is 10.3. The van der Waals surface area contributed by atoms with Crippen molar-refractivity contribution in [2.75, 3.05) is 18.0 Å². The SMILES string of the molecule is Fc1c(Cl)ncc2c(N3CCC[C@@H](F)C3)nc(Cl)nc12. The van der Waals surface area contributed by atoms with E-state index in [4.69, 9.17) is 23.2 Å². The van der Waals surface area contributed by atoms with Crippen LogP contribution in [-0.2, 0) is 0 Å². The van der Waals surface area contributed by atoms with Gasteiger partial charge in [0.1, 0.15) is 17.5 Å². The predicted molar refractivity (Wildman–Crippen MR) is 73.7 cm³/mol. The number of hydrogen-bond acceptors (Lipinski definition) is 4. The Morgan fingerprint density at radius 1 is 1.30 bits per heavy atom. The van der Waals surface area contributed by atoms with Crippen LogP contribution in [0.15, 0.2) is 6.20 Å². The molecule has 0 amide bonds. The van der Waals surface area contributed by atoms with Crippen molar-refractivity contribution in [2.24, 2.45) is 0 Å². The second-order valence-electron chi connectivity index (χ2n) is 4.63. The minimum Gasteiger partial charge on any atom is -0.353 e. The van der Waals surface area contributed by atoms with Crippen molar-refractivity contribution < 1.29 is 8.78 Å². The highest BCUT2D eigenvalue weighted by molar-refractivity contribution is 6.30. The highest BCUT2D eigenvalue weighted by atomic mass is 35.5. The molecular formula is C12H10Cl2F2N4. The normalized spacial score (nSPS) is 19.6. The fourth-order valence-electron chi connectivity index (χ4n) is 2.35. The Hall–Kier alpha value is -1.27. The molecule has 0 aromatic carbocycles. The summed E-state index contributed by atoms with van der Waals surface area (Å²) in [5, 5.41) is 0.000257. The van der Waals surface area contributed by atoms with Gasteiger partial charge in [-0.1, -0.05) is 11.6 Å². The number of nitrogens with zero attached hydrogens (tertiary/aromatic N) is 4. The minimum absolute atomic E-state index is 0.000909. The van der Waals surface area contributed by atoms with Gasteiger partial charge < -0.3 is 4.90 Å². The molecule has 1 fully saturated rings.